The number of aromatic nitrogens is 1. The Balaban J connectivity index is 1.92. The molecular weight excluding hydrogens is 302 g/mol. The third-order valence-electron chi connectivity index (χ3n) is 4.12. The molecule has 2 heterocycles. The van der Waals surface area contributed by atoms with E-state index in [4.69, 9.17) is 14.9 Å². The monoisotopic (exact) mass is 319 g/mol. The number of ether oxygens (including phenoxy) is 1. The van der Waals surface area contributed by atoms with Gasteiger partial charge in [-0.15, -0.1) is 0 Å². The van der Waals surface area contributed by atoms with Crippen molar-refractivity contribution >= 4 is 22.9 Å². The molecule has 3 rings (SSSR count). The molecule has 8 nitrogen and oxygen atoms in total. The van der Waals surface area contributed by atoms with E-state index in [1.54, 1.807) is 32.2 Å². The van der Waals surface area contributed by atoms with E-state index < -0.39 is 17.3 Å². The molecule has 0 saturated carbocycles. The Bertz CT molecular complexity index is 852. The van der Waals surface area contributed by atoms with Crippen molar-refractivity contribution in [2.24, 2.45) is 12.8 Å². The first-order chi connectivity index (χ1) is 10.8. The van der Waals surface area contributed by atoms with Crippen molar-refractivity contribution in [3.05, 3.63) is 34.3 Å². The predicted octanol–water partition coefficient (Wildman–Crippen LogP) is -0.152. The average molecular weight is 319 g/mol. The molecular formula is C15H17N3O5. The molecule has 1 saturated heterocycles. The van der Waals surface area contributed by atoms with Gasteiger partial charge in [0.1, 0.15) is 0 Å². The quantitative estimate of drug-likeness (QED) is 0.828. The lowest BCUT2D eigenvalue weighted by molar-refractivity contribution is -0.150. The van der Waals surface area contributed by atoms with Crippen molar-refractivity contribution in [1.82, 2.24) is 9.47 Å². The van der Waals surface area contributed by atoms with Gasteiger partial charge in [0.05, 0.1) is 18.7 Å². The number of primary amides is 1. The van der Waals surface area contributed by atoms with Gasteiger partial charge in [0, 0.05) is 19.2 Å². The van der Waals surface area contributed by atoms with Gasteiger partial charge < -0.3 is 19.8 Å². The van der Waals surface area contributed by atoms with E-state index in [2.05, 4.69) is 0 Å². The molecule has 122 valence electrons. The Morgan fingerprint density at radius 3 is 2.78 bits per heavy atom. The van der Waals surface area contributed by atoms with E-state index in [0.717, 1.165) is 0 Å². The predicted molar refractivity (Wildman–Crippen MR) is 80.9 cm³/mol. The van der Waals surface area contributed by atoms with E-state index in [1.165, 1.54) is 9.47 Å². The lowest BCUT2D eigenvalue weighted by Gasteiger charge is -2.38. The van der Waals surface area contributed by atoms with Crippen LogP contribution in [0.2, 0.25) is 0 Å². The largest absolute Gasteiger partial charge is 0.419 e. The average Bonchev–Trinajstić information content (AvgIpc) is 2.81. The van der Waals surface area contributed by atoms with Crippen molar-refractivity contribution in [2.45, 2.75) is 12.5 Å². The Hall–Kier alpha value is -2.61. The van der Waals surface area contributed by atoms with Crippen molar-refractivity contribution in [3.63, 3.8) is 0 Å². The molecule has 1 aliphatic rings. The minimum Gasteiger partial charge on any atom is -0.408 e. The number of hydrogen-bond donors (Lipinski definition) is 1. The van der Waals surface area contributed by atoms with Gasteiger partial charge >= 0.3 is 5.76 Å². The summed E-state index contributed by atoms with van der Waals surface area (Å²) in [6.07, 6.45) is 0. The van der Waals surface area contributed by atoms with Gasteiger partial charge in [-0.2, -0.15) is 0 Å². The standard InChI is InChI=1S/C15H17N3O5/c1-15(13(16)20)8-18(5-6-22-15)12(19)9-3-4-11-10(7-9)17(2)14(21)23-11/h3-4,7H,5-6,8H2,1-2H3,(H2,16,20). The molecule has 0 bridgehead atoms. The highest BCUT2D eigenvalue weighted by molar-refractivity contribution is 5.97. The van der Waals surface area contributed by atoms with Gasteiger partial charge in [-0.1, -0.05) is 0 Å². The Morgan fingerprint density at radius 2 is 2.09 bits per heavy atom. The summed E-state index contributed by atoms with van der Waals surface area (Å²) in [5, 5.41) is 0. The molecule has 1 aromatic carbocycles. The summed E-state index contributed by atoms with van der Waals surface area (Å²) < 4.78 is 11.8. The van der Waals surface area contributed by atoms with E-state index in [-0.39, 0.29) is 19.1 Å². The van der Waals surface area contributed by atoms with Gasteiger partial charge in [0.15, 0.2) is 11.2 Å². The Morgan fingerprint density at radius 1 is 1.35 bits per heavy atom. The second kappa shape index (κ2) is 5.24. The molecule has 0 radical (unpaired) electrons. The third kappa shape index (κ3) is 2.50. The van der Waals surface area contributed by atoms with Crippen LogP contribution in [0.25, 0.3) is 11.1 Å². The first kappa shape index (κ1) is 15.3. The van der Waals surface area contributed by atoms with Crippen LogP contribution >= 0.6 is 0 Å². The summed E-state index contributed by atoms with van der Waals surface area (Å²) in [5.41, 5.74) is 5.51. The fraction of sp³-hybridized carbons (Fsp3) is 0.400. The van der Waals surface area contributed by atoms with E-state index >= 15 is 0 Å². The molecule has 1 aromatic heterocycles. The lowest BCUT2D eigenvalue weighted by Crippen LogP contribution is -2.58. The Kier molecular flexibility index (Phi) is 3.48. The number of rotatable bonds is 2. The highest BCUT2D eigenvalue weighted by Gasteiger charge is 2.39. The number of nitrogens with zero attached hydrogens (tertiary/aromatic N) is 2. The Labute approximate surface area is 131 Å². The van der Waals surface area contributed by atoms with Crippen LogP contribution in [-0.2, 0) is 16.6 Å². The molecule has 8 heteroatoms. The van der Waals surface area contributed by atoms with Crippen LogP contribution in [0, 0.1) is 0 Å². The molecule has 1 unspecified atom stereocenters. The fourth-order valence-electron chi connectivity index (χ4n) is 2.63. The normalized spacial score (nSPS) is 21.6. The highest BCUT2D eigenvalue weighted by Crippen LogP contribution is 2.21. The van der Waals surface area contributed by atoms with Crippen LogP contribution in [0.1, 0.15) is 17.3 Å². The molecule has 1 fully saturated rings. The van der Waals surface area contributed by atoms with Crippen molar-refractivity contribution in [2.75, 3.05) is 19.7 Å². The fourth-order valence-corrected chi connectivity index (χ4v) is 2.63. The molecule has 0 spiro atoms. The van der Waals surface area contributed by atoms with Crippen LogP contribution in [-0.4, -0.2) is 46.6 Å². The van der Waals surface area contributed by atoms with E-state index in [0.29, 0.717) is 23.2 Å². The highest BCUT2D eigenvalue weighted by atomic mass is 16.5. The number of oxazole rings is 1. The summed E-state index contributed by atoms with van der Waals surface area (Å²) in [5.74, 6) is -1.35. The van der Waals surface area contributed by atoms with Gasteiger partial charge in [0.25, 0.3) is 11.8 Å². The maximum Gasteiger partial charge on any atom is 0.419 e. The van der Waals surface area contributed by atoms with Gasteiger partial charge in [-0.3, -0.25) is 14.2 Å². The van der Waals surface area contributed by atoms with Crippen LogP contribution in [0.15, 0.2) is 27.4 Å². The first-order valence-corrected chi connectivity index (χ1v) is 7.14. The van der Waals surface area contributed by atoms with Crippen LogP contribution < -0.4 is 11.5 Å². The summed E-state index contributed by atoms with van der Waals surface area (Å²) >= 11 is 0. The molecule has 2 aromatic rings. The molecule has 2 amide bonds. The number of hydrogen-bond acceptors (Lipinski definition) is 5. The number of fused-ring (bicyclic) bond motifs is 1. The number of carbonyl (C=O) groups excluding carboxylic acids is 2. The van der Waals surface area contributed by atoms with Gasteiger partial charge in [-0.25, -0.2) is 4.79 Å². The number of carbonyl (C=O) groups is 2. The summed E-state index contributed by atoms with van der Waals surface area (Å²) in [4.78, 5) is 37.2. The van der Waals surface area contributed by atoms with Crippen molar-refractivity contribution < 1.29 is 18.7 Å². The second-order valence-corrected chi connectivity index (χ2v) is 5.78. The van der Waals surface area contributed by atoms with Gasteiger partial charge in [0.2, 0.25) is 0 Å². The van der Waals surface area contributed by atoms with Crippen LogP contribution in [0.3, 0.4) is 0 Å². The topological polar surface area (TPSA) is 108 Å². The minimum atomic E-state index is -1.19. The van der Waals surface area contributed by atoms with Crippen LogP contribution in [0.5, 0.6) is 0 Å². The van der Waals surface area contributed by atoms with Gasteiger partial charge in [-0.05, 0) is 25.1 Å². The zero-order valence-electron chi connectivity index (χ0n) is 12.9. The zero-order valence-corrected chi connectivity index (χ0v) is 12.9. The lowest BCUT2D eigenvalue weighted by atomic mass is 10.0. The molecule has 1 atom stereocenters. The first-order valence-electron chi connectivity index (χ1n) is 7.14. The summed E-state index contributed by atoms with van der Waals surface area (Å²) in [6, 6.07) is 4.77. The van der Waals surface area contributed by atoms with Crippen molar-refractivity contribution in [1.29, 1.82) is 0 Å². The third-order valence-corrected chi connectivity index (χ3v) is 4.12. The zero-order chi connectivity index (χ0) is 16.8. The van der Waals surface area contributed by atoms with E-state index in [9.17, 15) is 14.4 Å². The van der Waals surface area contributed by atoms with Crippen LogP contribution in [0.4, 0.5) is 0 Å². The molecule has 0 aliphatic carbocycles. The number of nitrogens with two attached hydrogens (primary N) is 1. The molecule has 1 aliphatic heterocycles. The second-order valence-electron chi connectivity index (χ2n) is 5.78. The number of amides is 2. The molecule has 23 heavy (non-hydrogen) atoms. The maximum absolute atomic E-state index is 12.7. The molecule has 2 N–H and O–H groups in total. The van der Waals surface area contributed by atoms with Crippen molar-refractivity contribution in [3.8, 4) is 0 Å². The number of benzene rings is 1. The maximum atomic E-state index is 12.7. The SMILES string of the molecule is Cn1c(=O)oc2ccc(C(=O)N3CCOC(C)(C(N)=O)C3)cc21. The minimum absolute atomic E-state index is 0.0868. The summed E-state index contributed by atoms with van der Waals surface area (Å²) in [7, 11) is 1.57. The number of morpholine rings is 1. The number of aryl methyl sites for hydroxylation is 1. The summed E-state index contributed by atoms with van der Waals surface area (Å²) in [6.45, 7) is 2.25. The smallest absolute Gasteiger partial charge is 0.408 e. The van der Waals surface area contributed by atoms with E-state index in [1.807, 2.05) is 0 Å².